The quantitative estimate of drug-likeness (QED) is 0.234. The second-order valence-electron chi connectivity index (χ2n) is 9.93. The van der Waals surface area contributed by atoms with E-state index in [1.54, 1.807) is 20.8 Å². The van der Waals surface area contributed by atoms with Crippen LogP contribution in [0, 0.1) is 0 Å². The van der Waals surface area contributed by atoms with Crippen LogP contribution in [0.25, 0.3) is 11.1 Å². The average Bonchev–Trinajstić information content (AvgIpc) is 3.19. The molecule has 0 bridgehead atoms. The standard InChI is InChI=1S/C28H37N3O4S/c1-28(2,3)35-27(33)31-25(36)29-16-9-5-4-6-10-17-30-26(32)34-19-21-13-11-15-23-22-14-8-7-12-20(22)18-24(21)23/h7-8,11-15H,4-6,9-10,16-19H2,1-3H3,(H,30,32)(H2,29,31,33,36). The maximum absolute atomic E-state index is 12.1. The van der Waals surface area contributed by atoms with Crippen molar-refractivity contribution in [2.24, 2.45) is 0 Å². The number of carbonyl (C=O) groups excluding carboxylic acids is 2. The third kappa shape index (κ3) is 8.82. The monoisotopic (exact) mass is 511 g/mol. The number of hydrogen-bond donors (Lipinski definition) is 3. The summed E-state index contributed by atoms with van der Waals surface area (Å²) >= 11 is 5.10. The van der Waals surface area contributed by atoms with Gasteiger partial charge in [0.2, 0.25) is 0 Å². The lowest BCUT2D eigenvalue weighted by molar-refractivity contribution is 0.0562. The van der Waals surface area contributed by atoms with Crippen LogP contribution in [0.4, 0.5) is 9.59 Å². The molecular formula is C28H37N3O4S. The van der Waals surface area contributed by atoms with Gasteiger partial charge >= 0.3 is 12.2 Å². The number of nitrogens with one attached hydrogen (secondary N) is 3. The van der Waals surface area contributed by atoms with E-state index < -0.39 is 11.7 Å². The highest BCUT2D eigenvalue weighted by molar-refractivity contribution is 7.80. The fourth-order valence-corrected chi connectivity index (χ4v) is 4.35. The topological polar surface area (TPSA) is 88.7 Å². The first-order valence-corrected chi connectivity index (χ1v) is 13.0. The number of benzene rings is 2. The number of carbonyl (C=O) groups is 2. The molecule has 0 unspecified atom stereocenters. The summed E-state index contributed by atoms with van der Waals surface area (Å²) in [5.74, 6) is 0. The lowest BCUT2D eigenvalue weighted by Crippen LogP contribution is -2.42. The molecule has 2 aromatic carbocycles. The Morgan fingerprint density at radius 3 is 2.28 bits per heavy atom. The minimum Gasteiger partial charge on any atom is -0.445 e. The van der Waals surface area contributed by atoms with Gasteiger partial charge in [0.25, 0.3) is 0 Å². The average molecular weight is 512 g/mol. The number of ether oxygens (including phenoxy) is 2. The van der Waals surface area contributed by atoms with Crippen molar-refractivity contribution < 1.29 is 19.1 Å². The molecule has 2 amide bonds. The summed E-state index contributed by atoms with van der Waals surface area (Å²) in [7, 11) is 0. The Labute approximate surface area is 219 Å². The van der Waals surface area contributed by atoms with Crippen molar-refractivity contribution in [3.8, 4) is 11.1 Å². The molecule has 0 aliphatic heterocycles. The maximum Gasteiger partial charge on any atom is 0.413 e. The number of thiocarbonyl (C=S) groups is 1. The molecule has 8 heteroatoms. The largest absolute Gasteiger partial charge is 0.445 e. The van der Waals surface area contributed by atoms with E-state index >= 15 is 0 Å². The third-order valence-corrected chi connectivity index (χ3v) is 6.08. The molecular weight excluding hydrogens is 474 g/mol. The normalized spacial score (nSPS) is 11.8. The van der Waals surface area contributed by atoms with Gasteiger partial charge in [0.05, 0.1) is 0 Å². The van der Waals surface area contributed by atoms with E-state index in [0.717, 1.165) is 44.1 Å². The second-order valence-corrected chi connectivity index (χ2v) is 10.3. The maximum atomic E-state index is 12.1. The lowest BCUT2D eigenvalue weighted by atomic mass is 10.0. The Kier molecular flexibility index (Phi) is 10.1. The Hall–Kier alpha value is -3.13. The molecule has 0 saturated carbocycles. The zero-order valence-corrected chi connectivity index (χ0v) is 22.3. The van der Waals surface area contributed by atoms with Crippen LogP contribution in [0.5, 0.6) is 0 Å². The summed E-state index contributed by atoms with van der Waals surface area (Å²) < 4.78 is 10.6. The van der Waals surface area contributed by atoms with Crippen molar-refractivity contribution in [2.45, 2.75) is 71.5 Å². The van der Waals surface area contributed by atoms with Gasteiger partial charge in [-0.05, 0) is 80.1 Å². The Balaban J connectivity index is 1.21. The van der Waals surface area contributed by atoms with Gasteiger partial charge in [-0.1, -0.05) is 61.7 Å². The molecule has 0 radical (unpaired) electrons. The number of rotatable bonds is 10. The third-order valence-electron chi connectivity index (χ3n) is 5.83. The van der Waals surface area contributed by atoms with Crippen LogP contribution in [0.3, 0.4) is 0 Å². The molecule has 3 N–H and O–H groups in total. The van der Waals surface area contributed by atoms with Crippen molar-refractivity contribution >= 4 is 29.5 Å². The summed E-state index contributed by atoms with van der Waals surface area (Å²) in [6.45, 7) is 6.97. The first kappa shape index (κ1) is 27.5. The van der Waals surface area contributed by atoms with Gasteiger partial charge < -0.3 is 20.1 Å². The summed E-state index contributed by atoms with van der Waals surface area (Å²) in [4.78, 5) is 23.8. The minimum absolute atomic E-state index is 0.275. The Morgan fingerprint density at radius 1 is 0.861 bits per heavy atom. The first-order chi connectivity index (χ1) is 17.2. The molecule has 1 aliphatic carbocycles. The number of amides is 2. The van der Waals surface area contributed by atoms with Crippen LogP contribution in [0.2, 0.25) is 0 Å². The number of alkyl carbamates (subject to hydrolysis) is 2. The van der Waals surface area contributed by atoms with E-state index in [2.05, 4.69) is 46.3 Å². The van der Waals surface area contributed by atoms with Crippen molar-refractivity contribution in [2.75, 3.05) is 13.1 Å². The number of hydrogen-bond acceptors (Lipinski definition) is 5. The molecule has 3 rings (SSSR count). The van der Waals surface area contributed by atoms with Gasteiger partial charge in [0, 0.05) is 13.1 Å². The van der Waals surface area contributed by atoms with Gasteiger partial charge in [-0.15, -0.1) is 0 Å². The van der Waals surface area contributed by atoms with Crippen LogP contribution in [-0.2, 0) is 22.5 Å². The van der Waals surface area contributed by atoms with Gasteiger partial charge in [-0.25, -0.2) is 9.59 Å². The van der Waals surface area contributed by atoms with E-state index in [4.69, 9.17) is 21.7 Å². The number of unbranched alkanes of at least 4 members (excludes halogenated alkanes) is 4. The van der Waals surface area contributed by atoms with E-state index in [-0.39, 0.29) is 17.8 Å². The Morgan fingerprint density at radius 2 is 1.53 bits per heavy atom. The SMILES string of the molecule is CC(C)(C)OC(=O)NC(=S)NCCCCCCCNC(=O)OCc1cccc2c1Cc1ccccc1-2. The molecule has 1 aliphatic rings. The molecule has 194 valence electrons. The smallest absolute Gasteiger partial charge is 0.413 e. The van der Waals surface area contributed by atoms with Gasteiger partial charge in [0.1, 0.15) is 12.2 Å². The molecule has 0 fully saturated rings. The molecule has 7 nitrogen and oxygen atoms in total. The van der Waals surface area contributed by atoms with Gasteiger partial charge in [-0.2, -0.15) is 0 Å². The fourth-order valence-electron chi connectivity index (χ4n) is 4.17. The molecule has 0 heterocycles. The summed E-state index contributed by atoms with van der Waals surface area (Å²) in [6.07, 6.45) is 4.91. The fraction of sp³-hybridized carbons (Fsp3) is 0.464. The first-order valence-electron chi connectivity index (χ1n) is 12.6. The zero-order valence-electron chi connectivity index (χ0n) is 21.4. The zero-order chi connectivity index (χ0) is 26.0. The highest BCUT2D eigenvalue weighted by Gasteiger charge is 2.21. The van der Waals surface area contributed by atoms with Crippen LogP contribution in [-0.4, -0.2) is 36.0 Å². The highest BCUT2D eigenvalue weighted by Crippen LogP contribution is 2.38. The predicted octanol–water partition coefficient (Wildman–Crippen LogP) is 5.83. The number of fused-ring (bicyclic) bond motifs is 3. The van der Waals surface area contributed by atoms with Crippen molar-refractivity contribution in [1.82, 2.24) is 16.0 Å². The van der Waals surface area contributed by atoms with Gasteiger partial charge in [-0.3, -0.25) is 5.32 Å². The summed E-state index contributed by atoms with van der Waals surface area (Å²) in [5, 5.41) is 8.64. The van der Waals surface area contributed by atoms with E-state index in [1.807, 2.05) is 12.1 Å². The van der Waals surface area contributed by atoms with Crippen LogP contribution in [0.1, 0.15) is 69.6 Å². The van der Waals surface area contributed by atoms with Crippen LogP contribution >= 0.6 is 12.2 Å². The molecule has 0 atom stereocenters. The second kappa shape index (κ2) is 13.3. The van der Waals surface area contributed by atoms with Crippen molar-refractivity contribution in [1.29, 1.82) is 0 Å². The lowest BCUT2D eigenvalue weighted by Gasteiger charge is -2.20. The van der Waals surface area contributed by atoms with Crippen molar-refractivity contribution in [3.63, 3.8) is 0 Å². The molecule has 2 aromatic rings. The molecule has 36 heavy (non-hydrogen) atoms. The predicted molar refractivity (Wildman–Crippen MR) is 146 cm³/mol. The molecule has 0 spiro atoms. The minimum atomic E-state index is -0.555. The highest BCUT2D eigenvalue weighted by atomic mass is 32.1. The summed E-state index contributed by atoms with van der Waals surface area (Å²) in [5.41, 5.74) is 5.59. The van der Waals surface area contributed by atoms with E-state index in [1.165, 1.54) is 22.3 Å². The molecule has 0 aromatic heterocycles. The van der Waals surface area contributed by atoms with Crippen LogP contribution in [0.15, 0.2) is 42.5 Å². The van der Waals surface area contributed by atoms with Crippen LogP contribution < -0.4 is 16.0 Å². The molecule has 0 saturated heterocycles. The van der Waals surface area contributed by atoms with E-state index in [0.29, 0.717) is 13.1 Å². The van der Waals surface area contributed by atoms with Gasteiger partial charge in [0.15, 0.2) is 5.11 Å². The summed E-state index contributed by atoms with van der Waals surface area (Å²) in [6, 6.07) is 14.6. The van der Waals surface area contributed by atoms with Crippen molar-refractivity contribution in [3.05, 3.63) is 59.2 Å². The Bertz CT molecular complexity index is 1070. The van der Waals surface area contributed by atoms with E-state index in [9.17, 15) is 9.59 Å².